The molecule has 3 heteroatoms. The van der Waals surface area contributed by atoms with Gasteiger partial charge in [0, 0.05) is 22.5 Å². The van der Waals surface area contributed by atoms with Crippen LogP contribution in [0.4, 0.5) is 5.82 Å². The van der Waals surface area contributed by atoms with Crippen molar-refractivity contribution < 1.29 is 4.79 Å². The summed E-state index contributed by atoms with van der Waals surface area (Å²) >= 11 is 0. The van der Waals surface area contributed by atoms with Crippen LogP contribution in [0.5, 0.6) is 0 Å². The van der Waals surface area contributed by atoms with Gasteiger partial charge >= 0.3 is 0 Å². The topological polar surface area (TPSA) is 33.2 Å². The maximum atomic E-state index is 11.6. The van der Waals surface area contributed by atoms with E-state index in [1.165, 1.54) is 12.8 Å². The van der Waals surface area contributed by atoms with E-state index in [0.717, 1.165) is 28.7 Å². The molecule has 0 radical (unpaired) electrons. The normalized spacial score (nSPS) is 15.3. The largest absolute Gasteiger partial charge is 0.294 e. The van der Waals surface area contributed by atoms with Crippen molar-refractivity contribution in [2.45, 2.75) is 45.1 Å². The van der Waals surface area contributed by atoms with E-state index in [9.17, 15) is 4.79 Å². The molecule has 0 aliphatic heterocycles. The number of anilines is 1. The van der Waals surface area contributed by atoms with Crippen LogP contribution < -0.4 is 4.90 Å². The molecule has 0 unspecified atom stereocenters. The molecule has 0 spiro atoms. The van der Waals surface area contributed by atoms with E-state index in [4.69, 9.17) is 4.98 Å². The molecule has 1 aromatic carbocycles. The molecule has 3 nitrogen and oxygen atoms in total. The first-order valence-electron chi connectivity index (χ1n) is 7.15. The molecule has 0 N–H and O–H groups in total. The zero-order valence-electron chi connectivity index (χ0n) is 12.3. The first kappa shape index (κ1) is 13.1. The molecule has 0 saturated heterocycles. The Morgan fingerprint density at radius 1 is 1.25 bits per heavy atom. The fraction of sp³-hybridized carbons (Fsp3) is 0.412. The summed E-state index contributed by atoms with van der Waals surface area (Å²) in [4.78, 5) is 18.1. The lowest BCUT2D eigenvalue weighted by molar-refractivity contribution is -0.108. The minimum absolute atomic E-state index is 0.278. The van der Waals surface area contributed by atoms with Crippen molar-refractivity contribution in [1.82, 2.24) is 4.98 Å². The molecular weight excluding hydrogens is 248 g/mol. The van der Waals surface area contributed by atoms with Crippen LogP contribution in [0.25, 0.3) is 10.8 Å². The molecule has 1 aromatic heterocycles. The maximum Gasteiger partial charge on any atom is 0.215 e. The number of hydrogen-bond acceptors (Lipinski definition) is 2. The van der Waals surface area contributed by atoms with E-state index >= 15 is 0 Å². The Kier molecular flexibility index (Phi) is 3.00. The van der Waals surface area contributed by atoms with Crippen LogP contribution >= 0.6 is 0 Å². The zero-order valence-corrected chi connectivity index (χ0v) is 12.3. The van der Waals surface area contributed by atoms with Crippen LogP contribution in [0.15, 0.2) is 30.3 Å². The third kappa shape index (κ3) is 2.28. The Labute approximate surface area is 119 Å². The summed E-state index contributed by atoms with van der Waals surface area (Å²) in [6.45, 7) is 6.09. The Bertz CT molecular complexity index is 654. The van der Waals surface area contributed by atoms with E-state index in [-0.39, 0.29) is 5.54 Å². The van der Waals surface area contributed by atoms with E-state index in [0.29, 0.717) is 5.92 Å². The molecule has 1 amide bonds. The van der Waals surface area contributed by atoms with Crippen molar-refractivity contribution in [2.24, 2.45) is 0 Å². The van der Waals surface area contributed by atoms with E-state index in [1.54, 1.807) is 4.90 Å². The van der Waals surface area contributed by atoms with Gasteiger partial charge in [0.05, 0.1) is 0 Å². The van der Waals surface area contributed by atoms with Crippen molar-refractivity contribution >= 4 is 23.0 Å². The predicted molar refractivity (Wildman–Crippen MR) is 82.0 cm³/mol. The highest BCUT2D eigenvalue weighted by Gasteiger charge is 2.29. The second-order valence-corrected chi connectivity index (χ2v) is 6.51. The molecule has 2 aromatic rings. The monoisotopic (exact) mass is 268 g/mol. The Balaban J connectivity index is 2.23. The molecule has 1 heterocycles. The Morgan fingerprint density at radius 3 is 2.55 bits per heavy atom. The van der Waals surface area contributed by atoms with Crippen LogP contribution in [0.3, 0.4) is 0 Å². The summed E-state index contributed by atoms with van der Waals surface area (Å²) in [5.41, 5.74) is 0.842. The van der Waals surface area contributed by atoms with E-state index in [2.05, 4.69) is 12.1 Å². The molecule has 1 fully saturated rings. The summed E-state index contributed by atoms with van der Waals surface area (Å²) in [6, 6.07) is 10.3. The standard InChI is InChI=1S/C17H20N2O/c1-17(2,3)19(11-20)16-14-7-5-4-6-13(14)10-15(18-16)12-8-9-12/h4-7,10-12H,8-9H2,1-3H3. The molecule has 1 aliphatic carbocycles. The molecule has 0 atom stereocenters. The first-order valence-corrected chi connectivity index (χ1v) is 7.15. The van der Waals surface area contributed by atoms with Crippen molar-refractivity contribution in [3.05, 3.63) is 36.0 Å². The van der Waals surface area contributed by atoms with Crippen LogP contribution in [-0.4, -0.2) is 16.9 Å². The zero-order chi connectivity index (χ0) is 14.3. The lowest BCUT2D eigenvalue weighted by Crippen LogP contribution is -2.41. The fourth-order valence-corrected chi connectivity index (χ4v) is 2.50. The summed E-state index contributed by atoms with van der Waals surface area (Å²) in [6.07, 6.45) is 3.31. The van der Waals surface area contributed by atoms with Gasteiger partial charge in [-0.25, -0.2) is 4.98 Å². The number of rotatable bonds is 3. The van der Waals surface area contributed by atoms with Gasteiger partial charge in [0.15, 0.2) is 0 Å². The van der Waals surface area contributed by atoms with Gasteiger partial charge in [0.2, 0.25) is 6.41 Å². The van der Waals surface area contributed by atoms with Gasteiger partial charge in [-0.15, -0.1) is 0 Å². The number of carbonyl (C=O) groups excluding carboxylic acids is 1. The smallest absolute Gasteiger partial charge is 0.215 e. The molecular formula is C17H20N2O. The number of carbonyl (C=O) groups is 1. The highest BCUT2D eigenvalue weighted by molar-refractivity contribution is 5.97. The summed E-state index contributed by atoms with van der Waals surface area (Å²) in [5.74, 6) is 1.36. The maximum absolute atomic E-state index is 11.6. The number of amides is 1. The molecule has 20 heavy (non-hydrogen) atoms. The third-order valence-electron chi connectivity index (χ3n) is 3.79. The molecule has 104 valence electrons. The number of nitrogens with zero attached hydrogens (tertiary/aromatic N) is 2. The van der Waals surface area contributed by atoms with Gasteiger partial charge in [-0.1, -0.05) is 24.3 Å². The van der Waals surface area contributed by atoms with Crippen LogP contribution in [0.2, 0.25) is 0 Å². The van der Waals surface area contributed by atoms with Gasteiger partial charge in [0.1, 0.15) is 5.82 Å². The van der Waals surface area contributed by atoms with E-state index in [1.807, 2.05) is 39.0 Å². The minimum Gasteiger partial charge on any atom is -0.294 e. The third-order valence-corrected chi connectivity index (χ3v) is 3.79. The molecule has 0 bridgehead atoms. The highest BCUT2D eigenvalue weighted by atomic mass is 16.1. The van der Waals surface area contributed by atoms with Gasteiger partial charge in [-0.3, -0.25) is 9.69 Å². The van der Waals surface area contributed by atoms with Crippen molar-refractivity contribution in [3.8, 4) is 0 Å². The predicted octanol–water partition coefficient (Wildman–Crippen LogP) is 3.87. The van der Waals surface area contributed by atoms with E-state index < -0.39 is 0 Å². The van der Waals surface area contributed by atoms with Crippen LogP contribution in [-0.2, 0) is 4.79 Å². The molecule has 1 aliphatic rings. The quantitative estimate of drug-likeness (QED) is 0.792. The van der Waals surface area contributed by atoms with Crippen molar-refractivity contribution in [2.75, 3.05) is 4.90 Å². The van der Waals surface area contributed by atoms with Crippen molar-refractivity contribution in [3.63, 3.8) is 0 Å². The summed E-state index contributed by atoms with van der Waals surface area (Å²) in [7, 11) is 0. The lowest BCUT2D eigenvalue weighted by atomic mass is 10.0. The van der Waals surface area contributed by atoms with Gasteiger partial charge < -0.3 is 0 Å². The average molecular weight is 268 g/mol. The Morgan fingerprint density at radius 2 is 1.95 bits per heavy atom. The van der Waals surface area contributed by atoms with Crippen LogP contribution in [0.1, 0.15) is 45.2 Å². The number of pyridine rings is 1. The average Bonchev–Trinajstić information content (AvgIpc) is 3.22. The van der Waals surface area contributed by atoms with Crippen molar-refractivity contribution in [1.29, 1.82) is 0 Å². The highest BCUT2D eigenvalue weighted by Crippen LogP contribution is 2.41. The summed E-state index contributed by atoms with van der Waals surface area (Å²) < 4.78 is 0. The van der Waals surface area contributed by atoms with Gasteiger partial charge in [-0.05, 0) is 45.1 Å². The second kappa shape index (κ2) is 4.58. The SMILES string of the molecule is CC(C)(C)N(C=O)c1nc(C2CC2)cc2ccccc12. The fourth-order valence-electron chi connectivity index (χ4n) is 2.50. The van der Waals surface area contributed by atoms with Gasteiger partial charge in [0.25, 0.3) is 0 Å². The first-order chi connectivity index (χ1) is 9.50. The van der Waals surface area contributed by atoms with Gasteiger partial charge in [-0.2, -0.15) is 0 Å². The second-order valence-electron chi connectivity index (χ2n) is 6.51. The van der Waals surface area contributed by atoms with Crippen LogP contribution in [0, 0.1) is 0 Å². The number of benzene rings is 1. The minimum atomic E-state index is -0.278. The number of hydrogen-bond donors (Lipinski definition) is 0. The Hall–Kier alpha value is -1.90. The molecule has 1 saturated carbocycles. The summed E-state index contributed by atoms with van der Waals surface area (Å²) in [5, 5.41) is 2.20. The molecule has 3 rings (SSSR count). The number of aromatic nitrogens is 1. The number of fused-ring (bicyclic) bond motifs is 1. The lowest BCUT2D eigenvalue weighted by Gasteiger charge is -2.32.